The summed E-state index contributed by atoms with van der Waals surface area (Å²) in [5, 5.41) is 4.37. The van der Waals surface area contributed by atoms with E-state index >= 15 is 0 Å². The van der Waals surface area contributed by atoms with E-state index in [1.54, 1.807) is 0 Å². The summed E-state index contributed by atoms with van der Waals surface area (Å²) in [7, 11) is -3.47. The van der Waals surface area contributed by atoms with Crippen LogP contribution in [0.1, 0.15) is 19.4 Å². The lowest BCUT2D eigenvalue weighted by atomic mass is 10.1. The van der Waals surface area contributed by atoms with Crippen LogP contribution in [-0.2, 0) is 9.84 Å². The second-order valence-electron chi connectivity index (χ2n) is 4.36. The highest BCUT2D eigenvalue weighted by molar-refractivity contribution is 7.95. The smallest absolute Gasteiger partial charge is 0.200 e. The molecule has 0 amide bonds. The summed E-state index contributed by atoms with van der Waals surface area (Å²) in [5.41, 5.74) is 1.29. The van der Waals surface area contributed by atoms with Crippen LogP contribution >= 0.6 is 0 Å². The number of hydrogen-bond acceptors (Lipinski definition) is 3. The molecule has 0 aliphatic carbocycles. The van der Waals surface area contributed by atoms with Crippen molar-refractivity contribution in [3.8, 4) is 0 Å². The van der Waals surface area contributed by atoms with Gasteiger partial charge in [0.05, 0.1) is 4.90 Å². The molecule has 0 saturated carbocycles. The zero-order chi connectivity index (χ0) is 12.6. The minimum absolute atomic E-state index is 0.0676. The Morgan fingerprint density at radius 1 is 1.35 bits per heavy atom. The number of nitrogens with one attached hydrogen (secondary N) is 1. The second-order valence-corrected chi connectivity index (χ2v) is 6.13. The molecule has 1 aliphatic rings. The van der Waals surface area contributed by atoms with Gasteiger partial charge in [-0.15, -0.1) is 0 Å². The van der Waals surface area contributed by atoms with Crippen LogP contribution in [0.5, 0.6) is 0 Å². The Labute approximate surface area is 100 Å². The summed E-state index contributed by atoms with van der Waals surface area (Å²) in [6, 6.07) is 4.14. The SMILES string of the molecule is CC(C)NCC1=CS(=O)(=O)c2cc(F)ccc21. The minimum Gasteiger partial charge on any atom is -0.310 e. The Morgan fingerprint density at radius 2 is 2.06 bits per heavy atom. The lowest BCUT2D eigenvalue weighted by Gasteiger charge is -2.09. The third kappa shape index (κ3) is 2.40. The van der Waals surface area contributed by atoms with E-state index < -0.39 is 15.7 Å². The predicted molar refractivity (Wildman–Crippen MR) is 64.7 cm³/mol. The maximum atomic E-state index is 13.0. The van der Waals surface area contributed by atoms with Crippen molar-refractivity contribution in [2.45, 2.75) is 24.8 Å². The first kappa shape index (κ1) is 12.3. The van der Waals surface area contributed by atoms with Crippen LogP contribution in [-0.4, -0.2) is 21.0 Å². The van der Waals surface area contributed by atoms with E-state index in [1.807, 2.05) is 13.8 Å². The molecule has 0 atom stereocenters. The highest BCUT2D eigenvalue weighted by Gasteiger charge is 2.27. The molecule has 3 nitrogen and oxygen atoms in total. The quantitative estimate of drug-likeness (QED) is 0.898. The van der Waals surface area contributed by atoms with Crippen LogP contribution < -0.4 is 5.32 Å². The molecule has 17 heavy (non-hydrogen) atoms. The van der Waals surface area contributed by atoms with Gasteiger partial charge in [0.1, 0.15) is 5.82 Å². The third-order valence-corrected chi connectivity index (χ3v) is 4.14. The molecule has 0 unspecified atom stereocenters. The zero-order valence-electron chi connectivity index (χ0n) is 9.70. The molecule has 1 heterocycles. The lowest BCUT2D eigenvalue weighted by molar-refractivity contribution is 0.599. The van der Waals surface area contributed by atoms with Gasteiger partial charge in [0.25, 0.3) is 0 Å². The van der Waals surface area contributed by atoms with E-state index in [0.717, 1.165) is 6.07 Å². The van der Waals surface area contributed by atoms with Crippen LogP contribution in [0.4, 0.5) is 4.39 Å². The molecule has 0 saturated heterocycles. The van der Waals surface area contributed by atoms with Gasteiger partial charge in [0.15, 0.2) is 0 Å². The molecular weight excluding hydrogens is 241 g/mol. The van der Waals surface area contributed by atoms with E-state index in [-0.39, 0.29) is 10.9 Å². The fraction of sp³-hybridized carbons (Fsp3) is 0.333. The van der Waals surface area contributed by atoms with E-state index in [2.05, 4.69) is 5.32 Å². The minimum atomic E-state index is -3.47. The van der Waals surface area contributed by atoms with Crippen molar-refractivity contribution in [3.63, 3.8) is 0 Å². The zero-order valence-corrected chi connectivity index (χ0v) is 10.5. The van der Waals surface area contributed by atoms with Gasteiger partial charge in [-0.05, 0) is 23.3 Å². The molecule has 1 N–H and O–H groups in total. The number of fused-ring (bicyclic) bond motifs is 1. The summed E-state index contributed by atoms with van der Waals surface area (Å²) in [5.74, 6) is -0.529. The Kier molecular flexibility index (Phi) is 3.05. The Morgan fingerprint density at radius 3 is 2.71 bits per heavy atom. The molecule has 0 radical (unpaired) electrons. The van der Waals surface area contributed by atoms with E-state index in [1.165, 1.54) is 17.5 Å². The summed E-state index contributed by atoms with van der Waals surface area (Å²) >= 11 is 0. The average Bonchev–Trinajstić information content (AvgIpc) is 2.48. The van der Waals surface area contributed by atoms with Crippen molar-refractivity contribution >= 4 is 15.4 Å². The van der Waals surface area contributed by atoms with Crippen molar-refractivity contribution in [2.24, 2.45) is 0 Å². The first-order valence-corrected chi connectivity index (χ1v) is 6.94. The third-order valence-electron chi connectivity index (χ3n) is 2.59. The van der Waals surface area contributed by atoms with Gasteiger partial charge in [0.2, 0.25) is 9.84 Å². The van der Waals surface area contributed by atoms with Crippen LogP contribution in [0.3, 0.4) is 0 Å². The summed E-state index contributed by atoms with van der Waals surface area (Å²) in [6.45, 7) is 4.43. The van der Waals surface area contributed by atoms with Gasteiger partial charge in [-0.2, -0.15) is 0 Å². The second kappa shape index (κ2) is 4.23. The van der Waals surface area contributed by atoms with Crippen LogP contribution in [0, 0.1) is 5.82 Å². The van der Waals surface area contributed by atoms with Gasteiger partial charge in [-0.1, -0.05) is 19.9 Å². The largest absolute Gasteiger partial charge is 0.310 e. The summed E-state index contributed by atoms with van der Waals surface area (Å²) < 4.78 is 36.6. The number of sulfone groups is 1. The molecule has 1 aromatic carbocycles. The fourth-order valence-corrected chi connectivity index (χ4v) is 3.26. The van der Waals surface area contributed by atoms with Crippen molar-refractivity contribution in [1.82, 2.24) is 5.32 Å². The predicted octanol–water partition coefficient (Wildman–Crippen LogP) is 1.95. The van der Waals surface area contributed by atoms with Crippen molar-refractivity contribution in [3.05, 3.63) is 35.0 Å². The van der Waals surface area contributed by atoms with Crippen LogP contribution in [0.2, 0.25) is 0 Å². The molecule has 0 spiro atoms. The Hall–Kier alpha value is -1.20. The van der Waals surface area contributed by atoms with Gasteiger partial charge in [-0.25, -0.2) is 12.8 Å². The Balaban J connectivity index is 2.40. The standard InChI is InChI=1S/C12H14FNO2S/c1-8(2)14-6-9-7-17(15,16)12-5-10(13)3-4-11(9)12/h3-5,7-8,14H,6H2,1-2H3. The molecule has 2 rings (SSSR count). The van der Waals surface area contributed by atoms with Gasteiger partial charge >= 0.3 is 0 Å². The highest BCUT2D eigenvalue weighted by Crippen LogP contribution is 2.33. The van der Waals surface area contributed by atoms with Gasteiger partial charge in [-0.3, -0.25) is 0 Å². The molecule has 0 bridgehead atoms. The molecule has 0 fully saturated rings. The number of hydrogen-bond donors (Lipinski definition) is 1. The van der Waals surface area contributed by atoms with E-state index in [9.17, 15) is 12.8 Å². The maximum Gasteiger partial charge on any atom is 0.200 e. The van der Waals surface area contributed by atoms with Crippen molar-refractivity contribution in [1.29, 1.82) is 0 Å². The normalized spacial score (nSPS) is 17.1. The van der Waals surface area contributed by atoms with E-state index in [4.69, 9.17) is 0 Å². The first-order valence-electron chi connectivity index (χ1n) is 5.39. The molecule has 1 aromatic rings. The van der Waals surface area contributed by atoms with Gasteiger partial charge < -0.3 is 5.32 Å². The maximum absolute atomic E-state index is 13.0. The number of benzene rings is 1. The van der Waals surface area contributed by atoms with Crippen molar-refractivity contribution < 1.29 is 12.8 Å². The molecule has 1 aliphatic heterocycles. The topological polar surface area (TPSA) is 46.2 Å². The molecule has 5 heteroatoms. The number of halogens is 1. The highest BCUT2D eigenvalue weighted by atomic mass is 32.2. The van der Waals surface area contributed by atoms with Crippen LogP contribution in [0.15, 0.2) is 28.5 Å². The first-order chi connectivity index (χ1) is 7.90. The van der Waals surface area contributed by atoms with Crippen LogP contribution in [0.25, 0.3) is 5.57 Å². The molecule has 92 valence electrons. The molecule has 0 aromatic heterocycles. The monoisotopic (exact) mass is 255 g/mol. The lowest BCUT2D eigenvalue weighted by Crippen LogP contribution is -2.24. The molecular formula is C12H14FNO2S. The van der Waals surface area contributed by atoms with Crippen molar-refractivity contribution in [2.75, 3.05) is 6.54 Å². The van der Waals surface area contributed by atoms with Gasteiger partial charge in [0, 0.05) is 18.0 Å². The number of rotatable bonds is 3. The average molecular weight is 255 g/mol. The summed E-state index contributed by atoms with van der Waals surface area (Å²) in [4.78, 5) is 0.0676. The Bertz CT molecular complexity index is 576. The fourth-order valence-electron chi connectivity index (χ4n) is 1.76. The van der Waals surface area contributed by atoms with E-state index in [0.29, 0.717) is 17.7 Å². The summed E-state index contributed by atoms with van der Waals surface area (Å²) in [6.07, 6.45) is 0.